The number of carbonyl (C=O) groups is 2. The highest BCUT2D eigenvalue weighted by atomic mass is 31.2. The van der Waals surface area contributed by atoms with Crippen LogP contribution in [0.4, 0.5) is 0 Å². The molecule has 0 saturated heterocycles. The van der Waals surface area contributed by atoms with Gasteiger partial charge in [-0.15, -0.1) is 0 Å². The van der Waals surface area contributed by atoms with Crippen molar-refractivity contribution in [3.63, 3.8) is 0 Å². The van der Waals surface area contributed by atoms with E-state index >= 15 is 0 Å². The summed E-state index contributed by atoms with van der Waals surface area (Å²) in [5, 5.41) is 0. The largest absolute Gasteiger partial charge is 0.472 e. The number of phosphoric ester groups is 1. The molecule has 0 aromatic rings. The van der Waals surface area contributed by atoms with E-state index in [1.54, 1.807) is 0 Å². The highest BCUT2D eigenvalue weighted by molar-refractivity contribution is 7.47. The molecule has 0 amide bonds. The van der Waals surface area contributed by atoms with Gasteiger partial charge in [-0.1, -0.05) is 300 Å². The minimum absolute atomic E-state index is 0.0403. The Kier molecular flexibility index (Phi) is 67.2. The highest BCUT2D eigenvalue weighted by Crippen LogP contribution is 2.43. The van der Waals surface area contributed by atoms with Crippen molar-refractivity contribution < 1.29 is 37.6 Å². The number of hydrogen-bond acceptors (Lipinski definition) is 8. The van der Waals surface area contributed by atoms with Crippen LogP contribution in [0.2, 0.25) is 0 Å². The number of unbranched alkanes of at least 4 members (excludes halogenated alkanes) is 25. The summed E-state index contributed by atoms with van der Waals surface area (Å²) in [5.41, 5.74) is 5.40. The van der Waals surface area contributed by atoms with Crippen LogP contribution < -0.4 is 5.73 Å². The quantitative estimate of drug-likeness (QED) is 0.0264. The summed E-state index contributed by atoms with van der Waals surface area (Å²) in [6.45, 7) is 3.59. The van der Waals surface area contributed by atoms with Crippen LogP contribution in [-0.4, -0.2) is 49.3 Å². The van der Waals surface area contributed by atoms with Crippen LogP contribution >= 0.6 is 7.82 Å². The zero-order valence-corrected chi connectivity index (χ0v) is 56.3. The number of nitrogens with two attached hydrogens (primary N) is 1. The van der Waals surface area contributed by atoms with Crippen LogP contribution in [0.3, 0.4) is 0 Å². The second-order valence-electron chi connectivity index (χ2n) is 22.7. The normalized spacial score (nSPS) is 13.9. The third-order valence-electron chi connectivity index (χ3n) is 14.4. The Labute approximate surface area is 534 Å². The summed E-state index contributed by atoms with van der Waals surface area (Å²) in [6, 6.07) is 0. The number of rotatable bonds is 64. The summed E-state index contributed by atoms with van der Waals surface area (Å²) in [5.74, 6) is -0.870. The third kappa shape index (κ3) is 70.6. The first-order valence-electron chi connectivity index (χ1n) is 35.0. The lowest BCUT2D eigenvalue weighted by molar-refractivity contribution is -0.161. The Hall–Kier alpha value is -4.37. The molecule has 9 nitrogen and oxygen atoms in total. The minimum atomic E-state index is -4.41. The molecule has 2 unspecified atom stereocenters. The Morgan fingerprint density at radius 1 is 0.356 bits per heavy atom. The van der Waals surface area contributed by atoms with Gasteiger partial charge in [0.15, 0.2) is 6.10 Å². The van der Waals surface area contributed by atoms with E-state index in [9.17, 15) is 19.0 Å². The van der Waals surface area contributed by atoms with Crippen LogP contribution in [-0.2, 0) is 32.7 Å². The van der Waals surface area contributed by atoms with E-state index < -0.39 is 32.5 Å². The second-order valence-corrected chi connectivity index (χ2v) is 24.1. The van der Waals surface area contributed by atoms with Crippen molar-refractivity contribution in [3.05, 3.63) is 158 Å². The van der Waals surface area contributed by atoms with Crippen molar-refractivity contribution in [1.82, 2.24) is 0 Å². The molecule has 2 atom stereocenters. The van der Waals surface area contributed by atoms with E-state index in [2.05, 4.69) is 172 Å². The van der Waals surface area contributed by atoms with E-state index in [0.29, 0.717) is 6.42 Å². The molecule has 0 fully saturated rings. The van der Waals surface area contributed by atoms with Gasteiger partial charge in [0, 0.05) is 19.4 Å². The van der Waals surface area contributed by atoms with Crippen LogP contribution in [0, 0.1) is 0 Å². The fraction of sp³-hybridized carbons (Fsp3) is 0.636. The van der Waals surface area contributed by atoms with E-state index in [4.69, 9.17) is 24.3 Å². The van der Waals surface area contributed by atoms with Gasteiger partial charge in [-0.25, -0.2) is 4.57 Å². The Bertz CT molecular complexity index is 1980. The fourth-order valence-electron chi connectivity index (χ4n) is 9.26. The first-order valence-corrected chi connectivity index (χ1v) is 36.5. The number of carbonyl (C=O) groups excluding carboxylic acids is 2. The molecular weight excluding hydrogens is 1100 g/mol. The van der Waals surface area contributed by atoms with Crippen molar-refractivity contribution in [1.29, 1.82) is 0 Å². The molecule has 0 aliphatic rings. The van der Waals surface area contributed by atoms with Gasteiger partial charge in [0.25, 0.3) is 0 Å². The monoisotopic (exact) mass is 1230 g/mol. The predicted octanol–water partition coefficient (Wildman–Crippen LogP) is 23.2. The highest BCUT2D eigenvalue weighted by Gasteiger charge is 2.26. The molecule has 0 aliphatic heterocycles. The van der Waals surface area contributed by atoms with Gasteiger partial charge in [0.05, 0.1) is 13.2 Å². The number of hydrogen-bond donors (Lipinski definition) is 2. The molecular formula is C77H128NO8P. The average molecular weight is 1230 g/mol. The minimum Gasteiger partial charge on any atom is -0.462 e. The molecule has 0 bridgehead atoms. The standard InChI is InChI=1S/C77H128NO8P/c1-3-5-7-9-11-13-15-17-19-21-23-25-27-29-31-33-34-35-36-37-38-39-40-42-44-46-48-50-52-54-56-58-60-62-64-66-68-70-77(80)86-75(74-85-87(81,82)84-72-71-78)73-83-76(79)69-67-65-63-61-59-57-55-53-51-49-47-45-43-41-32-30-28-26-24-22-20-18-16-14-12-10-8-6-4-2/h5,7,11,13,16-19,22-25,29,31,34-35,37-38,40,42,46,48,52,54,58,60,75H,3-4,6,8-10,12,14-15,20-21,26-28,30,32-33,36,39,41,43-45,47,49-51,53,55-57,59,61-74,78H2,1-2H3,(H,81,82)/b7-5-,13-11-,18-16-,19-17-,24-22-,25-23-,31-29-,35-34-,38-37-,42-40-,48-46-,54-52-,60-58-. The van der Waals surface area contributed by atoms with E-state index in [-0.39, 0.29) is 32.6 Å². The van der Waals surface area contributed by atoms with Gasteiger partial charge >= 0.3 is 19.8 Å². The number of ether oxygens (including phenoxy) is 2. The van der Waals surface area contributed by atoms with Crippen molar-refractivity contribution >= 4 is 19.8 Å². The topological polar surface area (TPSA) is 134 Å². The summed E-state index contributed by atoms with van der Waals surface area (Å²) in [7, 11) is -4.41. The van der Waals surface area contributed by atoms with Gasteiger partial charge in [0.2, 0.25) is 0 Å². The second kappa shape index (κ2) is 70.7. The van der Waals surface area contributed by atoms with Gasteiger partial charge < -0.3 is 20.1 Å². The molecule has 0 aliphatic carbocycles. The Morgan fingerprint density at radius 3 is 0.954 bits per heavy atom. The smallest absolute Gasteiger partial charge is 0.462 e. The predicted molar refractivity (Wildman–Crippen MR) is 376 cm³/mol. The fourth-order valence-corrected chi connectivity index (χ4v) is 10.0. The molecule has 0 aromatic heterocycles. The molecule has 3 N–H and O–H groups in total. The summed E-state index contributed by atoms with van der Waals surface area (Å²) in [6.07, 6.45) is 103. The van der Waals surface area contributed by atoms with E-state index in [0.717, 1.165) is 116 Å². The van der Waals surface area contributed by atoms with Gasteiger partial charge in [0.1, 0.15) is 6.61 Å². The van der Waals surface area contributed by atoms with Gasteiger partial charge in [-0.3, -0.25) is 18.6 Å². The van der Waals surface area contributed by atoms with E-state index in [1.807, 2.05) is 0 Å². The summed E-state index contributed by atoms with van der Waals surface area (Å²) >= 11 is 0. The maximum absolute atomic E-state index is 12.8. The third-order valence-corrected chi connectivity index (χ3v) is 15.4. The Balaban J connectivity index is 4.02. The number of esters is 2. The van der Waals surface area contributed by atoms with E-state index in [1.165, 1.54) is 135 Å². The van der Waals surface area contributed by atoms with Gasteiger partial charge in [-0.2, -0.15) is 0 Å². The number of allylic oxidation sites excluding steroid dienone is 26. The van der Waals surface area contributed by atoms with Gasteiger partial charge in [-0.05, 0) is 128 Å². The molecule has 0 radical (unpaired) electrons. The molecule has 494 valence electrons. The lowest BCUT2D eigenvalue weighted by atomic mass is 10.0. The zero-order valence-electron chi connectivity index (χ0n) is 55.4. The zero-order chi connectivity index (χ0) is 63.0. The summed E-state index contributed by atoms with van der Waals surface area (Å²) < 4.78 is 33.1. The van der Waals surface area contributed by atoms with Crippen LogP contribution in [0.15, 0.2) is 158 Å². The molecule has 0 saturated carbocycles. The molecule has 0 heterocycles. The molecule has 10 heteroatoms. The average Bonchev–Trinajstić information content (AvgIpc) is 3.65. The van der Waals surface area contributed by atoms with Crippen molar-refractivity contribution in [2.24, 2.45) is 5.73 Å². The van der Waals surface area contributed by atoms with Crippen LogP contribution in [0.1, 0.15) is 284 Å². The molecule has 0 aromatic carbocycles. The van der Waals surface area contributed by atoms with Crippen molar-refractivity contribution in [2.75, 3.05) is 26.4 Å². The molecule has 0 rings (SSSR count). The van der Waals surface area contributed by atoms with Crippen molar-refractivity contribution in [3.8, 4) is 0 Å². The SMILES string of the molecule is CC/C=C\C/C=C\C/C=C\C/C=C\C/C=C\C/C=C\C/C=C\C/C=C\C/C=C\C/C=C\C/C=C\CCCCCC(=O)OC(COC(=O)CCCCCCCCCCCCCCCCCCC/C=C\C/C=C\CCCCCCC)COP(=O)(O)OCCN. The van der Waals surface area contributed by atoms with Crippen LogP contribution in [0.25, 0.3) is 0 Å². The molecule has 87 heavy (non-hydrogen) atoms. The summed E-state index contributed by atoms with van der Waals surface area (Å²) in [4.78, 5) is 35.3. The number of phosphoric acid groups is 1. The maximum Gasteiger partial charge on any atom is 0.472 e. The molecule has 0 spiro atoms. The maximum atomic E-state index is 12.8. The lowest BCUT2D eigenvalue weighted by Gasteiger charge is -2.19. The first kappa shape index (κ1) is 82.6. The van der Waals surface area contributed by atoms with Crippen LogP contribution in [0.5, 0.6) is 0 Å². The van der Waals surface area contributed by atoms with Crippen molar-refractivity contribution in [2.45, 2.75) is 290 Å². The lowest BCUT2D eigenvalue weighted by Crippen LogP contribution is -2.29. The first-order chi connectivity index (χ1) is 42.8. The Morgan fingerprint density at radius 2 is 0.632 bits per heavy atom.